The monoisotopic (exact) mass is 397 g/mol. The predicted molar refractivity (Wildman–Crippen MR) is 87.1 cm³/mol. The van der Waals surface area contributed by atoms with Crippen LogP contribution in [0.2, 0.25) is 0 Å². The van der Waals surface area contributed by atoms with E-state index in [0.29, 0.717) is 5.69 Å². The summed E-state index contributed by atoms with van der Waals surface area (Å²) in [4.78, 5) is 4.08. The van der Waals surface area contributed by atoms with Gasteiger partial charge in [0.15, 0.2) is 5.75 Å². The highest BCUT2D eigenvalue weighted by Crippen LogP contribution is 2.32. The molecule has 1 N–H and O–H groups in total. The number of nitrogens with one attached hydrogen (secondary N) is 1. The molecule has 8 nitrogen and oxygen atoms in total. The number of anilines is 1. The molecule has 0 atom stereocenters. The molecule has 0 radical (unpaired) electrons. The average Bonchev–Trinajstić information content (AvgIpc) is 3.03. The highest BCUT2D eigenvalue weighted by atomic mass is 32.2. The van der Waals surface area contributed by atoms with Crippen molar-refractivity contribution >= 4 is 21.3 Å². The third kappa shape index (κ3) is 3.77. The van der Waals surface area contributed by atoms with Crippen molar-refractivity contribution in [3.05, 3.63) is 54.1 Å². The van der Waals surface area contributed by atoms with Gasteiger partial charge in [0, 0.05) is 12.3 Å². The Kier molecular flexibility index (Phi) is 4.63. The zero-order valence-electron chi connectivity index (χ0n) is 13.3. The van der Waals surface area contributed by atoms with Crippen LogP contribution in [-0.2, 0) is 16.7 Å². The largest absolute Gasteiger partial charge is 0.534 e. The molecule has 3 rings (SSSR count). The molecule has 0 amide bonds. The SMILES string of the molecule is N#Cc1cnn2cc(NCc3ccccn3)cc(OS(=O)(=O)C(F)(F)F)c12. The number of pyridine rings is 2. The van der Waals surface area contributed by atoms with Crippen LogP contribution in [0, 0.1) is 11.3 Å². The number of nitrogens with zero attached hydrogens (tertiary/aromatic N) is 4. The van der Waals surface area contributed by atoms with Crippen molar-refractivity contribution in [1.29, 1.82) is 5.26 Å². The number of halogens is 3. The molecule has 0 unspecified atom stereocenters. The van der Waals surface area contributed by atoms with Gasteiger partial charge in [-0.05, 0) is 12.1 Å². The Bertz CT molecular complexity index is 1120. The van der Waals surface area contributed by atoms with Crippen LogP contribution in [0.15, 0.2) is 42.9 Å². The Morgan fingerprint density at radius 2 is 2.11 bits per heavy atom. The molecule has 0 fully saturated rings. The summed E-state index contributed by atoms with van der Waals surface area (Å²) in [7, 11) is -5.92. The quantitative estimate of drug-likeness (QED) is 0.520. The molecular formula is C15H10F3N5O3S. The second-order valence-electron chi connectivity index (χ2n) is 5.21. The van der Waals surface area contributed by atoms with Crippen LogP contribution in [-0.4, -0.2) is 28.5 Å². The Hall–Kier alpha value is -3.33. The van der Waals surface area contributed by atoms with Crippen molar-refractivity contribution in [2.24, 2.45) is 0 Å². The van der Waals surface area contributed by atoms with Crippen LogP contribution in [0.1, 0.15) is 11.3 Å². The fraction of sp³-hybridized carbons (Fsp3) is 0.133. The summed E-state index contributed by atoms with van der Waals surface area (Å²) >= 11 is 0. The molecule has 0 saturated carbocycles. The van der Waals surface area contributed by atoms with E-state index in [1.165, 1.54) is 6.20 Å². The normalized spacial score (nSPS) is 11.9. The van der Waals surface area contributed by atoms with Crippen LogP contribution in [0.3, 0.4) is 0 Å². The number of alkyl halides is 3. The number of hydrogen-bond donors (Lipinski definition) is 1. The maximum atomic E-state index is 12.7. The van der Waals surface area contributed by atoms with Gasteiger partial charge in [-0.25, -0.2) is 4.52 Å². The summed E-state index contributed by atoms with van der Waals surface area (Å²) in [5, 5.41) is 15.8. The number of aromatic nitrogens is 3. The second kappa shape index (κ2) is 6.76. The van der Waals surface area contributed by atoms with Crippen molar-refractivity contribution in [3.63, 3.8) is 0 Å². The van der Waals surface area contributed by atoms with E-state index in [1.54, 1.807) is 30.5 Å². The van der Waals surface area contributed by atoms with Gasteiger partial charge in [0.1, 0.15) is 17.1 Å². The van der Waals surface area contributed by atoms with Gasteiger partial charge in [0.05, 0.1) is 30.3 Å². The average molecular weight is 397 g/mol. The van der Waals surface area contributed by atoms with Gasteiger partial charge < -0.3 is 9.50 Å². The van der Waals surface area contributed by atoms with Crippen LogP contribution in [0.5, 0.6) is 5.75 Å². The number of rotatable bonds is 5. The molecule has 0 bridgehead atoms. The van der Waals surface area contributed by atoms with E-state index in [0.717, 1.165) is 16.8 Å². The predicted octanol–water partition coefficient (Wildman–Crippen LogP) is 2.44. The zero-order valence-corrected chi connectivity index (χ0v) is 14.1. The van der Waals surface area contributed by atoms with Crippen LogP contribution in [0.25, 0.3) is 5.52 Å². The lowest BCUT2D eigenvalue weighted by atomic mass is 10.2. The first kappa shape index (κ1) is 18.5. The fourth-order valence-corrected chi connectivity index (χ4v) is 2.65. The van der Waals surface area contributed by atoms with Gasteiger partial charge in [-0.1, -0.05) is 6.07 Å². The Morgan fingerprint density at radius 1 is 1.33 bits per heavy atom. The molecule has 3 heterocycles. The molecule has 0 aliphatic carbocycles. The second-order valence-corrected chi connectivity index (χ2v) is 6.75. The smallest absolute Gasteiger partial charge is 0.378 e. The van der Waals surface area contributed by atoms with E-state index in [9.17, 15) is 21.6 Å². The third-order valence-electron chi connectivity index (χ3n) is 3.38. The van der Waals surface area contributed by atoms with Crippen LogP contribution >= 0.6 is 0 Å². The topological polar surface area (TPSA) is 109 Å². The number of hydrogen-bond acceptors (Lipinski definition) is 7. The van der Waals surface area contributed by atoms with E-state index in [-0.39, 0.29) is 23.3 Å². The number of nitriles is 1. The van der Waals surface area contributed by atoms with Gasteiger partial charge >= 0.3 is 15.6 Å². The molecule has 0 spiro atoms. The molecule has 3 aromatic heterocycles. The van der Waals surface area contributed by atoms with E-state index in [2.05, 4.69) is 19.6 Å². The molecule has 3 aromatic rings. The Morgan fingerprint density at radius 3 is 2.74 bits per heavy atom. The van der Waals surface area contributed by atoms with Crippen molar-refractivity contribution in [3.8, 4) is 11.8 Å². The van der Waals surface area contributed by atoms with Gasteiger partial charge in [-0.3, -0.25) is 4.98 Å². The maximum absolute atomic E-state index is 12.7. The molecule has 0 aromatic carbocycles. The van der Waals surface area contributed by atoms with Gasteiger partial charge in [0.25, 0.3) is 0 Å². The van der Waals surface area contributed by atoms with E-state index in [1.807, 2.05) is 0 Å². The lowest BCUT2D eigenvalue weighted by Gasteiger charge is -2.13. The Balaban J connectivity index is 2.02. The molecule has 140 valence electrons. The van der Waals surface area contributed by atoms with Gasteiger partial charge in [0.2, 0.25) is 0 Å². The van der Waals surface area contributed by atoms with Crippen LogP contribution < -0.4 is 9.50 Å². The van der Waals surface area contributed by atoms with Crippen molar-refractivity contribution in [1.82, 2.24) is 14.6 Å². The highest BCUT2D eigenvalue weighted by Gasteiger charge is 2.49. The molecule has 12 heteroatoms. The minimum Gasteiger partial charge on any atom is -0.378 e. The summed E-state index contributed by atoms with van der Waals surface area (Å²) in [5.74, 6) is -0.674. The van der Waals surface area contributed by atoms with Gasteiger partial charge in [-0.15, -0.1) is 0 Å². The molecule has 0 aliphatic rings. The maximum Gasteiger partial charge on any atom is 0.534 e. The van der Waals surface area contributed by atoms with E-state index >= 15 is 0 Å². The summed E-state index contributed by atoms with van der Waals surface area (Å²) in [5.41, 5.74) is -5.10. The van der Waals surface area contributed by atoms with Crippen molar-refractivity contribution < 1.29 is 25.8 Å². The van der Waals surface area contributed by atoms with Crippen molar-refractivity contribution in [2.45, 2.75) is 12.1 Å². The Labute approximate surface area is 150 Å². The first-order chi connectivity index (χ1) is 12.7. The standard InChI is InChI=1S/C15H10F3N5O3S/c16-15(17,18)27(24,25)26-13-5-12(21-8-11-3-1-2-4-20-11)9-23-14(13)10(6-19)7-22-23/h1-5,7,9,21H,8H2. The lowest BCUT2D eigenvalue weighted by Crippen LogP contribution is -2.28. The minimum atomic E-state index is -5.92. The fourth-order valence-electron chi connectivity index (χ4n) is 2.19. The first-order valence-electron chi connectivity index (χ1n) is 7.27. The summed E-state index contributed by atoms with van der Waals surface area (Å²) in [6.45, 7) is 0.212. The van der Waals surface area contributed by atoms with Crippen LogP contribution in [0.4, 0.5) is 18.9 Å². The third-order valence-corrected chi connectivity index (χ3v) is 4.35. The van der Waals surface area contributed by atoms with E-state index in [4.69, 9.17) is 5.26 Å². The summed E-state index contributed by atoms with van der Waals surface area (Å²) in [6, 6.07) is 7.96. The van der Waals surface area contributed by atoms with Gasteiger partial charge in [-0.2, -0.15) is 31.9 Å². The first-order valence-corrected chi connectivity index (χ1v) is 8.68. The summed E-state index contributed by atoms with van der Waals surface area (Å²) < 4.78 is 66.1. The molecule has 27 heavy (non-hydrogen) atoms. The zero-order chi connectivity index (χ0) is 19.7. The van der Waals surface area contributed by atoms with E-state index < -0.39 is 21.4 Å². The molecular weight excluding hydrogens is 387 g/mol. The number of fused-ring (bicyclic) bond motifs is 1. The molecule has 0 saturated heterocycles. The highest BCUT2D eigenvalue weighted by molar-refractivity contribution is 7.88. The molecule has 0 aliphatic heterocycles. The summed E-state index contributed by atoms with van der Waals surface area (Å²) in [6.07, 6.45) is 4.04. The minimum absolute atomic E-state index is 0.140. The lowest BCUT2D eigenvalue weighted by molar-refractivity contribution is -0.0499. The van der Waals surface area contributed by atoms with Crippen molar-refractivity contribution in [2.75, 3.05) is 5.32 Å².